The molecule has 0 aromatic carbocycles. The Morgan fingerprint density at radius 2 is 1.92 bits per heavy atom. The van der Waals surface area contributed by atoms with Crippen LogP contribution >= 0.6 is 11.3 Å². The summed E-state index contributed by atoms with van der Waals surface area (Å²) < 4.78 is 0. The van der Waals surface area contributed by atoms with Crippen molar-refractivity contribution in [2.24, 2.45) is 11.7 Å². The maximum Gasteiger partial charge on any atom is 0.251 e. The summed E-state index contributed by atoms with van der Waals surface area (Å²) >= 11 is 1.29. The predicted molar refractivity (Wildman–Crippen MR) is 96.4 cm³/mol. The van der Waals surface area contributed by atoms with Crippen molar-refractivity contribution in [1.82, 2.24) is 10.2 Å². The number of carbonyl (C=O) groups excluding carboxylic acids is 3. The lowest BCUT2D eigenvalue weighted by atomic mass is 10.0. The Kier molecular flexibility index (Phi) is 5.39. The summed E-state index contributed by atoms with van der Waals surface area (Å²) in [6.07, 6.45) is 3.72. The molecule has 8 heteroatoms. The second-order valence-electron chi connectivity index (χ2n) is 6.79. The van der Waals surface area contributed by atoms with Gasteiger partial charge in [0.2, 0.25) is 11.8 Å². The van der Waals surface area contributed by atoms with Crippen molar-refractivity contribution in [3.05, 3.63) is 17.0 Å². The molecule has 2 heterocycles. The fourth-order valence-electron chi connectivity index (χ4n) is 3.08. The minimum absolute atomic E-state index is 0.148. The van der Waals surface area contributed by atoms with E-state index in [-0.39, 0.29) is 29.8 Å². The van der Waals surface area contributed by atoms with Crippen molar-refractivity contribution in [1.29, 1.82) is 0 Å². The van der Waals surface area contributed by atoms with Crippen LogP contribution in [0.5, 0.6) is 0 Å². The Balaban J connectivity index is 1.48. The Morgan fingerprint density at radius 3 is 2.52 bits per heavy atom. The molecule has 3 rings (SSSR count). The van der Waals surface area contributed by atoms with Crippen LogP contribution in [0.4, 0.5) is 5.00 Å². The molecule has 7 nitrogen and oxygen atoms in total. The highest BCUT2D eigenvalue weighted by Crippen LogP contribution is 2.29. The molecule has 1 aromatic heterocycles. The van der Waals surface area contributed by atoms with Gasteiger partial charge in [-0.25, -0.2) is 0 Å². The number of primary amides is 1. The standard InChI is InChI=1S/C17H24N4O3S/c1-10(15(23)20-17-13(14(18)22)6-9-25-17)21-7-4-12(5-8-21)19-16(24)11-2-3-11/h6,9-12H,2-5,7-8H2,1H3,(H2,18,22)(H,19,24)(H,20,23). The molecule has 0 radical (unpaired) electrons. The van der Waals surface area contributed by atoms with Crippen LogP contribution in [-0.4, -0.2) is 47.8 Å². The third-order valence-corrected chi connectivity index (χ3v) is 5.75. The quantitative estimate of drug-likeness (QED) is 0.704. The highest BCUT2D eigenvalue weighted by molar-refractivity contribution is 7.14. The van der Waals surface area contributed by atoms with Crippen LogP contribution in [0.15, 0.2) is 11.4 Å². The van der Waals surface area contributed by atoms with Crippen molar-refractivity contribution in [3.63, 3.8) is 0 Å². The van der Waals surface area contributed by atoms with Gasteiger partial charge in [-0.2, -0.15) is 0 Å². The van der Waals surface area contributed by atoms with E-state index in [2.05, 4.69) is 15.5 Å². The molecule has 3 amide bonds. The third kappa shape index (κ3) is 4.38. The van der Waals surface area contributed by atoms with E-state index >= 15 is 0 Å². The summed E-state index contributed by atoms with van der Waals surface area (Å²) in [4.78, 5) is 37.8. The van der Waals surface area contributed by atoms with Gasteiger partial charge in [0, 0.05) is 25.0 Å². The number of amides is 3. The molecule has 1 aliphatic carbocycles. The topological polar surface area (TPSA) is 105 Å². The van der Waals surface area contributed by atoms with Crippen LogP contribution in [0.3, 0.4) is 0 Å². The molecule has 25 heavy (non-hydrogen) atoms. The fourth-order valence-corrected chi connectivity index (χ4v) is 3.87. The van der Waals surface area contributed by atoms with Gasteiger partial charge in [-0.15, -0.1) is 11.3 Å². The highest BCUT2D eigenvalue weighted by Gasteiger charge is 2.33. The first-order valence-corrected chi connectivity index (χ1v) is 9.56. The predicted octanol–water partition coefficient (Wildman–Crippen LogP) is 1.16. The van der Waals surface area contributed by atoms with Crippen LogP contribution in [0.2, 0.25) is 0 Å². The number of nitrogens with two attached hydrogens (primary N) is 1. The zero-order valence-corrected chi connectivity index (χ0v) is 15.1. The minimum atomic E-state index is -0.545. The van der Waals surface area contributed by atoms with Crippen LogP contribution in [0.1, 0.15) is 43.0 Å². The molecule has 1 aliphatic heterocycles. The van der Waals surface area contributed by atoms with Crippen molar-refractivity contribution < 1.29 is 14.4 Å². The molecule has 1 saturated heterocycles. The summed E-state index contributed by atoms with van der Waals surface area (Å²) in [5, 5.41) is 8.14. The van der Waals surface area contributed by atoms with E-state index in [1.807, 2.05) is 6.92 Å². The molecule has 2 aliphatic rings. The zero-order chi connectivity index (χ0) is 18.0. The second kappa shape index (κ2) is 7.53. The van der Waals surface area contributed by atoms with Gasteiger partial charge in [-0.3, -0.25) is 19.3 Å². The number of anilines is 1. The largest absolute Gasteiger partial charge is 0.366 e. The Bertz CT molecular complexity index is 663. The Morgan fingerprint density at radius 1 is 1.24 bits per heavy atom. The lowest BCUT2D eigenvalue weighted by Gasteiger charge is -2.35. The number of likely N-dealkylation sites (tertiary alicyclic amines) is 1. The zero-order valence-electron chi connectivity index (χ0n) is 14.3. The number of rotatable bonds is 6. The molecule has 1 saturated carbocycles. The summed E-state index contributed by atoms with van der Waals surface area (Å²) in [5.41, 5.74) is 5.65. The summed E-state index contributed by atoms with van der Waals surface area (Å²) in [6, 6.07) is 1.52. The SMILES string of the molecule is CC(C(=O)Nc1sccc1C(N)=O)N1CCC(NC(=O)C2CC2)CC1. The average molecular weight is 364 g/mol. The number of nitrogens with one attached hydrogen (secondary N) is 2. The third-order valence-electron chi connectivity index (χ3n) is 4.92. The van der Waals surface area contributed by atoms with Gasteiger partial charge in [0.15, 0.2) is 0 Å². The van der Waals surface area contributed by atoms with E-state index in [0.717, 1.165) is 38.8 Å². The average Bonchev–Trinajstić information content (AvgIpc) is 3.34. The van der Waals surface area contributed by atoms with Crippen molar-refractivity contribution in [2.75, 3.05) is 18.4 Å². The summed E-state index contributed by atoms with van der Waals surface area (Å²) in [7, 11) is 0. The maximum absolute atomic E-state index is 12.5. The van der Waals surface area contributed by atoms with Crippen LogP contribution in [-0.2, 0) is 9.59 Å². The lowest BCUT2D eigenvalue weighted by Crippen LogP contribution is -2.50. The number of piperidine rings is 1. The number of carbonyl (C=O) groups is 3. The first-order valence-electron chi connectivity index (χ1n) is 8.68. The monoisotopic (exact) mass is 364 g/mol. The van der Waals surface area contributed by atoms with Gasteiger partial charge in [0.1, 0.15) is 5.00 Å². The van der Waals surface area contributed by atoms with E-state index in [1.165, 1.54) is 11.3 Å². The van der Waals surface area contributed by atoms with Crippen LogP contribution < -0.4 is 16.4 Å². The first-order chi connectivity index (χ1) is 12.0. The van der Waals surface area contributed by atoms with E-state index in [1.54, 1.807) is 11.4 Å². The molecule has 1 aromatic rings. The molecule has 1 atom stereocenters. The van der Waals surface area contributed by atoms with Gasteiger partial charge in [0.25, 0.3) is 5.91 Å². The number of nitrogens with zero attached hydrogens (tertiary/aromatic N) is 1. The van der Waals surface area contributed by atoms with Crippen molar-refractivity contribution in [3.8, 4) is 0 Å². The van der Waals surface area contributed by atoms with Gasteiger partial charge >= 0.3 is 0 Å². The molecule has 4 N–H and O–H groups in total. The fraction of sp³-hybridized carbons (Fsp3) is 0.588. The van der Waals surface area contributed by atoms with Gasteiger partial charge in [-0.05, 0) is 44.1 Å². The lowest BCUT2D eigenvalue weighted by molar-refractivity contribution is -0.124. The first kappa shape index (κ1) is 17.9. The summed E-state index contributed by atoms with van der Waals surface area (Å²) in [5.74, 6) is -0.282. The normalized spacial score (nSPS) is 20.0. The van der Waals surface area contributed by atoms with E-state index in [4.69, 9.17) is 5.73 Å². The molecule has 2 fully saturated rings. The van der Waals surface area contributed by atoms with Crippen LogP contribution in [0.25, 0.3) is 0 Å². The van der Waals surface area contributed by atoms with Gasteiger partial charge in [-0.1, -0.05) is 0 Å². The summed E-state index contributed by atoms with van der Waals surface area (Å²) in [6.45, 7) is 3.38. The number of hydrogen-bond donors (Lipinski definition) is 3. The van der Waals surface area contributed by atoms with Gasteiger partial charge < -0.3 is 16.4 Å². The molecule has 1 unspecified atom stereocenters. The smallest absolute Gasteiger partial charge is 0.251 e. The Hall–Kier alpha value is -1.93. The molecule has 0 bridgehead atoms. The Labute approximate surface area is 150 Å². The maximum atomic E-state index is 12.5. The highest BCUT2D eigenvalue weighted by atomic mass is 32.1. The number of hydrogen-bond acceptors (Lipinski definition) is 5. The molecular formula is C17H24N4O3S. The van der Waals surface area contributed by atoms with E-state index in [0.29, 0.717) is 10.6 Å². The minimum Gasteiger partial charge on any atom is -0.366 e. The van der Waals surface area contributed by atoms with Crippen molar-refractivity contribution >= 4 is 34.1 Å². The molecule has 136 valence electrons. The van der Waals surface area contributed by atoms with Crippen molar-refractivity contribution in [2.45, 2.75) is 44.7 Å². The molecule has 0 spiro atoms. The number of thiophene rings is 1. The van der Waals surface area contributed by atoms with Gasteiger partial charge in [0.05, 0.1) is 11.6 Å². The second-order valence-corrected chi connectivity index (χ2v) is 7.70. The van der Waals surface area contributed by atoms with E-state index < -0.39 is 5.91 Å². The molecular weight excluding hydrogens is 340 g/mol. The van der Waals surface area contributed by atoms with E-state index in [9.17, 15) is 14.4 Å². The van der Waals surface area contributed by atoms with Crippen LogP contribution in [0, 0.1) is 5.92 Å².